The number of fused-ring (bicyclic) bond motifs is 1. The first-order valence-electron chi connectivity index (χ1n) is 12.6. The average Bonchev–Trinajstić information content (AvgIpc) is 3.53. The fourth-order valence-corrected chi connectivity index (χ4v) is 11.0. The Kier molecular flexibility index (Phi) is 10.8. The Hall–Kier alpha value is -1.88. The fourth-order valence-electron chi connectivity index (χ4n) is 6.68. The van der Waals surface area contributed by atoms with Crippen molar-refractivity contribution in [2.24, 2.45) is 0 Å². The molecule has 1 aromatic heterocycles. The Balaban J connectivity index is 0.000000376. The van der Waals surface area contributed by atoms with Gasteiger partial charge in [0, 0.05) is 16.7 Å². The number of allylic oxidation sites excluding steroid dienone is 1. The summed E-state index contributed by atoms with van der Waals surface area (Å²) < 4.78 is 124. The van der Waals surface area contributed by atoms with Crippen molar-refractivity contribution in [3.63, 3.8) is 0 Å². The molecule has 44 heavy (non-hydrogen) atoms. The van der Waals surface area contributed by atoms with Crippen molar-refractivity contribution in [1.82, 2.24) is 0 Å². The van der Waals surface area contributed by atoms with Gasteiger partial charge >= 0.3 is 44.7 Å². The quantitative estimate of drug-likeness (QED) is 0.168. The molecule has 14 heteroatoms. The molecule has 4 aromatic rings. The van der Waals surface area contributed by atoms with Crippen LogP contribution in [-0.2, 0) is 31.6 Å². The van der Waals surface area contributed by atoms with Gasteiger partial charge in [-0.25, -0.2) is 0 Å². The van der Waals surface area contributed by atoms with Crippen LogP contribution in [0.2, 0.25) is 13.1 Å². The standard InChI is InChI=1S/C20H12F9.C10H12OSi.2ClH.Zr/c1-11-9-13-3-2-4-15(16(13)10-11)12-5-7-14(8-6-12)17(18(21,22)23,19(24,25)26)20(27,28)29;1-6-9-7-4-11-5-8(7)10(6)12(9,2)3;;;/h2-10H,1H3;4-5,9H,1-3H3;2*1H;/q-1;;;;+3/p-2. The molecule has 1 nitrogen and oxygen atoms in total. The number of furan rings is 1. The number of rotatable bonds is 2. The van der Waals surface area contributed by atoms with E-state index >= 15 is 0 Å². The number of hydrogen-bond acceptors (Lipinski definition) is 1. The summed E-state index contributed by atoms with van der Waals surface area (Å²) in [7, 11) is -1.04. The van der Waals surface area contributed by atoms with Crippen LogP contribution in [0, 0.1) is 6.92 Å². The van der Waals surface area contributed by atoms with Crippen molar-refractivity contribution in [2.75, 3.05) is 0 Å². The second kappa shape index (κ2) is 12.4. The van der Waals surface area contributed by atoms with Gasteiger partial charge in [0.1, 0.15) is 0 Å². The molecule has 0 saturated carbocycles. The largest absolute Gasteiger partial charge is 3.00 e. The van der Waals surface area contributed by atoms with E-state index in [2.05, 4.69) is 20.0 Å². The van der Waals surface area contributed by atoms with E-state index in [4.69, 9.17) is 4.42 Å². The maximum Gasteiger partial charge on any atom is 3.00 e. The minimum Gasteiger partial charge on any atom is -1.00 e. The maximum absolute atomic E-state index is 13.2. The zero-order chi connectivity index (χ0) is 30.3. The van der Waals surface area contributed by atoms with Crippen LogP contribution < -0.4 is 24.8 Å². The normalized spacial score (nSPS) is 17.0. The molecule has 2 aliphatic heterocycles. The molecule has 1 atom stereocenters. The van der Waals surface area contributed by atoms with Crippen molar-refractivity contribution < 1.29 is 94.9 Å². The van der Waals surface area contributed by atoms with E-state index in [1.54, 1.807) is 42.0 Å². The van der Waals surface area contributed by atoms with Crippen LogP contribution in [0.1, 0.15) is 34.7 Å². The van der Waals surface area contributed by atoms with Gasteiger partial charge in [0.15, 0.2) is 0 Å². The van der Waals surface area contributed by atoms with Crippen LogP contribution in [0.3, 0.4) is 0 Å². The predicted octanol–water partition coefficient (Wildman–Crippen LogP) is 4.42. The molecule has 3 heterocycles. The molecule has 0 fully saturated rings. The molecule has 0 amide bonds. The second-order valence-electron chi connectivity index (χ2n) is 11.1. The Morgan fingerprint density at radius 1 is 0.750 bits per heavy atom. The average molecular weight is 762 g/mol. The molecule has 7 rings (SSSR count). The van der Waals surface area contributed by atoms with Gasteiger partial charge in [0.2, 0.25) is 0 Å². The SMILES string of the molecule is CC1=C2c3cocc3C1[Si]2(C)C.Cc1cc2c(-c3ccc(C(C(F)(F)F)(C(F)(F)F)C(F)(F)F)cc3)cccc2[cH-]1.[Cl-].[Cl-].[Zr+3]. The van der Waals surface area contributed by atoms with Crippen LogP contribution in [0.5, 0.6) is 0 Å². The van der Waals surface area contributed by atoms with Gasteiger partial charge in [-0.2, -0.15) is 45.6 Å². The minimum atomic E-state index is -6.63. The topological polar surface area (TPSA) is 13.1 Å². The van der Waals surface area contributed by atoms with Gasteiger partial charge in [-0.1, -0.05) is 61.5 Å². The first-order chi connectivity index (χ1) is 18.8. The number of alkyl halides is 9. The van der Waals surface area contributed by atoms with Crippen molar-refractivity contribution in [3.8, 4) is 11.1 Å². The van der Waals surface area contributed by atoms with Crippen molar-refractivity contribution in [1.29, 1.82) is 0 Å². The molecule has 1 radical (unpaired) electrons. The molecular weight excluding hydrogens is 738 g/mol. The number of benzene rings is 2. The predicted molar refractivity (Wildman–Crippen MR) is 141 cm³/mol. The van der Waals surface area contributed by atoms with Crippen molar-refractivity contribution >= 4 is 24.0 Å². The van der Waals surface area contributed by atoms with Gasteiger partial charge in [-0.3, -0.25) is 0 Å². The number of hydrogen-bond donors (Lipinski definition) is 0. The van der Waals surface area contributed by atoms with Crippen LogP contribution in [-0.4, -0.2) is 26.6 Å². The molecule has 1 aliphatic carbocycles. The summed E-state index contributed by atoms with van der Waals surface area (Å²) in [6, 6.07) is 10.7. The summed E-state index contributed by atoms with van der Waals surface area (Å²) in [6.45, 7) is 9.00. The smallest absolute Gasteiger partial charge is 1.00 e. The summed E-state index contributed by atoms with van der Waals surface area (Å²) >= 11 is 0. The van der Waals surface area contributed by atoms with Gasteiger partial charge in [0.05, 0.1) is 20.6 Å². The third-order valence-corrected chi connectivity index (χ3v) is 12.4. The third-order valence-electron chi connectivity index (χ3n) is 8.27. The molecule has 235 valence electrons. The molecule has 0 N–H and O–H groups in total. The van der Waals surface area contributed by atoms with Crippen LogP contribution in [0.25, 0.3) is 27.1 Å². The summed E-state index contributed by atoms with van der Waals surface area (Å²) in [4.78, 5) is 0. The summed E-state index contributed by atoms with van der Waals surface area (Å²) in [5, 5.41) is 3.14. The molecule has 1 unspecified atom stereocenters. The van der Waals surface area contributed by atoms with Crippen molar-refractivity contribution in [3.05, 3.63) is 95.0 Å². The molecule has 3 aromatic carbocycles. The number of halogens is 11. The van der Waals surface area contributed by atoms with Crippen LogP contribution in [0.4, 0.5) is 39.5 Å². The first-order valence-corrected chi connectivity index (χ1v) is 15.7. The number of aryl methyl sites for hydroxylation is 1. The van der Waals surface area contributed by atoms with E-state index in [1.165, 1.54) is 11.1 Å². The summed E-state index contributed by atoms with van der Waals surface area (Å²) in [6.07, 6.45) is -16.0. The van der Waals surface area contributed by atoms with Gasteiger partial charge < -0.3 is 29.2 Å². The molecular formula is C30H24Cl2F9OSiZr. The van der Waals surface area contributed by atoms with Crippen molar-refractivity contribution in [2.45, 2.75) is 56.4 Å². The maximum atomic E-state index is 13.2. The van der Waals surface area contributed by atoms with E-state index < -0.39 is 37.6 Å². The molecule has 2 bridgehead atoms. The molecule has 3 aliphatic rings. The monoisotopic (exact) mass is 759 g/mol. The van der Waals surface area contributed by atoms with Gasteiger partial charge in [-0.15, -0.1) is 34.5 Å². The Labute approximate surface area is 280 Å². The van der Waals surface area contributed by atoms with Crippen LogP contribution >= 0.6 is 0 Å². The second-order valence-corrected chi connectivity index (χ2v) is 15.6. The minimum absolute atomic E-state index is 0. The summed E-state index contributed by atoms with van der Waals surface area (Å²) in [5.74, 6) is 0. The van der Waals surface area contributed by atoms with E-state index in [9.17, 15) is 39.5 Å². The summed E-state index contributed by atoms with van der Waals surface area (Å²) in [5.41, 5.74) is -1.05. The zero-order valence-electron chi connectivity index (χ0n) is 23.5. The van der Waals surface area contributed by atoms with Crippen LogP contribution in [0.15, 0.2) is 77.1 Å². The molecule has 0 spiro atoms. The van der Waals surface area contributed by atoms with E-state index in [-0.39, 0.29) is 68.7 Å². The first kappa shape index (κ1) is 38.3. The van der Waals surface area contributed by atoms with E-state index in [1.807, 2.05) is 18.6 Å². The van der Waals surface area contributed by atoms with Gasteiger partial charge in [0.25, 0.3) is 5.41 Å². The zero-order valence-corrected chi connectivity index (χ0v) is 28.5. The third kappa shape index (κ3) is 5.56. The Morgan fingerprint density at radius 2 is 1.30 bits per heavy atom. The fraction of sp³-hybridized carbons (Fsp3) is 0.300. The van der Waals surface area contributed by atoms with Gasteiger partial charge in [-0.05, 0) is 23.2 Å². The van der Waals surface area contributed by atoms with E-state index in [0.717, 1.165) is 28.6 Å². The Morgan fingerprint density at radius 3 is 1.77 bits per heavy atom. The van der Waals surface area contributed by atoms with E-state index in [0.29, 0.717) is 10.9 Å². The molecule has 0 saturated heterocycles. The Bertz CT molecular complexity index is 1630.